The van der Waals surface area contributed by atoms with E-state index in [-0.39, 0.29) is 11.8 Å². The van der Waals surface area contributed by atoms with Crippen LogP contribution in [0.25, 0.3) is 0 Å². The number of nitrogens with one attached hydrogen (secondary N) is 1. The van der Waals surface area contributed by atoms with Crippen LogP contribution in [0.1, 0.15) is 25.7 Å². The van der Waals surface area contributed by atoms with E-state index in [1.54, 1.807) is 0 Å². The summed E-state index contributed by atoms with van der Waals surface area (Å²) in [4.78, 5) is 14.3. The largest absolute Gasteiger partial charge is 0.490 e. The fourth-order valence-corrected chi connectivity index (χ4v) is 3.11. The molecule has 0 spiro atoms. The van der Waals surface area contributed by atoms with Crippen LogP contribution in [0.15, 0.2) is 24.3 Å². The van der Waals surface area contributed by atoms with Gasteiger partial charge in [0.05, 0.1) is 12.2 Å². The molecular weight excluding hydrogens is 252 g/mol. The molecule has 2 aliphatic rings. The Bertz CT molecular complexity index is 469. The van der Waals surface area contributed by atoms with E-state index in [2.05, 4.69) is 16.3 Å². The lowest BCUT2D eigenvalue weighted by molar-refractivity contribution is -0.124. The van der Waals surface area contributed by atoms with Gasteiger partial charge in [-0.05, 0) is 25.0 Å². The van der Waals surface area contributed by atoms with Crippen LogP contribution >= 0.6 is 0 Å². The van der Waals surface area contributed by atoms with Crippen LogP contribution in [0.3, 0.4) is 0 Å². The zero-order valence-corrected chi connectivity index (χ0v) is 11.8. The van der Waals surface area contributed by atoms with Crippen molar-refractivity contribution in [1.29, 1.82) is 0 Å². The molecular formula is C16H22N2O2. The van der Waals surface area contributed by atoms with Crippen molar-refractivity contribution in [2.45, 2.75) is 25.7 Å². The molecule has 20 heavy (non-hydrogen) atoms. The lowest BCUT2D eigenvalue weighted by atomic mass is 10.1. The van der Waals surface area contributed by atoms with Gasteiger partial charge in [0.15, 0.2) is 0 Å². The zero-order chi connectivity index (χ0) is 13.8. The number of ether oxygens (including phenoxy) is 1. The number of rotatable bonds is 4. The summed E-state index contributed by atoms with van der Waals surface area (Å²) in [5, 5.41) is 3.08. The SMILES string of the molecule is O=C(NCCN1CCOc2ccccc21)C1CCCC1. The molecule has 0 saturated heterocycles. The van der Waals surface area contributed by atoms with Crippen LogP contribution < -0.4 is 15.0 Å². The number of carbonyl (C=O) groups is 1. The van der Waals surface area contributed by atoms with Gasteiger partial charge in [0.2, 0.25) is 5.91 Å². The van der Waals surface area contributed by atoms with Gasteiger partial charge in [-0.25, -0.2) is 0 Å². The molecule has 4 heteroatoms. The first-order chi connectivity index (χ1) is 9.84. The molecule has 1 fully saturated rings. The predicted octanol–water partition coefficient (Wildman–Crippen LogP) is 2.19. The summed E-state index contributed by atoms with van der Waals surface area (Å²) in [6.07, 6.45) is 4.53. The second-order valence-electron chi connectivity index (χ2n) is 5.58. The normalized spacial score (nSPS) is 18.5. The van der Waals surface area contributed by atoms with Gasteiger partial charge in [-0.1, -0.05) is 25.0 Å². The Hall–Kier alpha value is -1.71. The molecule has 0 atom stereocenters. The van der Waals surface area contributed by atoms with Gasteiger partial charge in [-0.2, -0.15) is 0 Å². The Balaban J connectivity index is 1.50. The summed E-state index contributed by atoms with van der Waals surface area (Å²) < 4.78 is 5.63. The smallest absolute Gasteiger partial charge is 0.223 e. The summed E-state index contributed by atoms with van der Waals surface area (Å²) in [5.74, 6) is 1.44. The molecule has 0 bridgehead atoms. The average molecular weight is 274 g/mol. The third kappa shape index (κ3) is 2.89. The molecule has 1 N–H and O–H groups in total. The van der Waals surface area contributed by atoms with Crippen molar-refractivity contribution in [3.8, 4) is 5.75 Å². The second kappa shape index (κ2) is 6.16. The molecule has 1 saturated carbocycles. The van der Waals surface area contributed by atoms with E-state index in [1.165, 1.54) is 12.8 Å². The maximum atomic E-state index is 12.0. The summed E-state index contributed by atoms with van der Waals surface area (Å²) >= 11 is 0. The van der Waals surface area contributed by atoms with E-state index >= 15 is 0 Å². The summed E-state index contributed by atoms with van der Waals surface area (Å²) in [7, 11) is 0. The van der Waals surface area contributed by atoms with Crippen LogP contribution in [0.2, 0.25) is 0 Å². The van der Waals surface area contributed by atoms with Gasteiger partial charge in [-0.3, -0.25) is 4.79 Å². The Morgan fingerprint density at radius 1 is 1.30 bits per heavy atom. The molecule has 1 aliphatic carbocycles. The van der Waals surface area contributed by atoms with Crippen molar-refractivity contribution in [3.63, 3.8) is 0 Å². The monoisotopic (exact) mass is 274 g/mol. The number of hydrogen-bond donors (Lipinski definition) is 1. The lowest BCUT2D eigenvalue weighted by Crippen LogP contribution is -2.40. The van der Waals surface area contributed by atoms with E-state index in [1.807, 2.05) is 18.2 Å². The first kappa shape index (κ1) is 13.3. The van der Waals surface area contributed by atoms with Crippen LogP contribution in [0, 0.1) is 5.92 Å². The minimum atomic E-state index is 0.240. The zero-order valence-electron chi connectivity index (χ0n) is 11.8. The van der Waals surface area contributed by atoms with Gasteiger partial charge in [0.25, 0.3) is 0 Å². The van der Waals surface area contributed by atoms with Crippen molar-refractivity contribution in [2.24, 2.45) is 5.92 Å². The fraction of sp³-hybridized carbons (Fsp3) is 0.562. The Labute approximate surface area is 120 Å². The van der Waals surface area contributed by atoms with Crippen LogP contribution in [0.4, 0.5) is 5.69 Å². The number of hydrogen-bond acceptors (Lipinski definition) is 3. The molecule has 1 aromatic carbocycles. The first-order valence-electron chi connectivity index (χ1n) is 7.59. The molecule has 3 rings (SSSR count). The summed E-state index contributed by atoms with van der Waals surface area (Å²) in [6.45, 7) is 3.16. The standard InChI is InChI=1S/C16H22N2O2/c19-16(13-5-1-2-6-13)17-9-10-18-11-12-20-15-8-4-3-7-14(15)18/h3-4,7-8,13H,1-2,5-6,9-12H2,(H,17,19). The van der Waals surface area contributed by atoms with Crippen molar-refractivity contribution >= 4 is 11.6 Å². The Morgan fingerprint density at radius 2 is 2.10 bits per heavy atom. The van der Waals surface area contributed by atoms with E-state index in [0.717, 1.165) is 37.4 Å². The number of nitrogens with zero attached hydrogens (tertiary/aromatic N) is 1. The number of para-hydroxylation sites is 2. The lowest BCUT2D eigenvalue weighted by Gasteiger charge is -2.31. The van der Waals surface area contributed by atoms with Crippen molar-refractivity contribution in [1.82, 2.24) is 5.32 Å². The van der Waals surface area contributed by atoms with Gasteiger partial charge >= 0.3 is 0 Å². The first-order valence-corrected chi connectivity index (χ1v) is 7.59. The third-order valence-corrected chi connectivity index (χ3v) is 4.23. The van der Waals surface area contributed by atoms with Gasteiger partial charge < -0.3 is 15.0 Å². The number of fused-ring (bicyclic) bond motifs is 1. The van der Waals surface area contributed by atoms with Gasteiger partial charge in [0.1, 0.15) is 12.4 Å². The van der Waals surface area contributed by atoms with Crippen molar-refractivity contribution < 1.29 is 9.53 Å². The van der Waals surface area contributed by atoms with Crippen molar-refractivity contribution in [2.75, 3.05) is 31.1 Å². The quantitative estimate of drug-likeness (QED) is 0.915. The summed E-state index contributed by atoms with van der Waals surface area (Å²) in [5.41, 5.74) is 1.13. The maximum absolute atomic E-state index is 12.0. The van der Waals surface area contributed by atoms with Crippen LogP contribution in [-0.2, 0) is 4.79 Å². The fourth-order valence-electron chi connectivity index (χ4n) is 3.11. The number of anilines is 1. The Kier molecular flexibility index (Phi) is 4.09. The molecule has 108 valence electrons. The molecule has 0 aromatic heterocycles. The highest BCUT2D eigenvalue weighted by molar-refractivity contribution is 5.78. The van der Waals surface area contributed by atoms with Crippen LogP contribution in [-0.4, -0.2) is 32.1 Å². The molecule has 4 nitrogen and oxygen atoms in total. The highest BCUT2D eigenvalue weighted by Crippen LogP contribution is 2.30. The van der Waals surface area contributed by atoms with Gasteiger partial charge in [0, 0.05) is 19.0 Å². The van der Waals surface area contributed by atoms with Gasteiger partial charge in [-0.15, -0.1) is 0 Å². The molecule has 0 unspecified atom stereocenters. The van der Waals surface area contributed by atoms with E-state index in [9.17, 15) is 4.79 Å². The predicted molar refractivity (Wildman–Crippen MR) is 79.1 cm³/mol. The minimum Gasteiger partial charge on any atom is -0.490 e. The second-order valence-corrected chi connectivity index (χ2v) is 5.58. The molecule has 1 aromatic rings. The number of amides is 1. The highest BCUT2D eigenvalue weighted by atomic mass is 16.5. The van der Waals surface area contributed by atoms with E-state index in [0.29, 0.717) is 13.2 Å². The topological polar surface area (TPSA) is 41.6 Å². The van der Waals surface area contributed by atoms with Crippen LogP contribution in [0.5, 0.6) is 5.75 Å². The number of carbonyl (C=O) groups excluding carboxylic acids is 1. The summed E-state index contributed by atoms with van der Waals surface area (Å²) in [6, 6.07) is 8.09. The van der Waals surface area contributed by atoms with Crippen molar-refractivity contribution in [3.05, 3.63) is 24.3 Å². The average Bonchev–Trinajstić information content (AvgIpc) is 3.02. The molecule has 1 amide bonds. The molecule has 1 aliphatic heterocycles. The highest BCUT2D eigenvalue weighted by Gasteiger charge is 2.22. The molecule has 1 heterocycles. The minimum absolute atomic E-state index is 0.240. The number of benzene rings is 1. The molecule has 0 radical (unpaired) electrons. The maximum Gasteiger partial charge on any atom is 0.223 e. The third-order valence-electron chi connectivity index (χ3n) is 4.23. The Morgan fingerprint density at radius 3 is 2.95 bits per heavy atom. The van der Waals surface area contributed by atoms with E-state index in [4.69, 9.17) is 4.74 Å². The van der Waals surface area contributed by atoms with E-state index < -0.39 is 0 Å².